The largest absolute Gasteiger partial charge is 0.490 e. The first-order valence-corrected chi connectivity index (χ1v) is 12.8. The highest BCUT2D eigenvalue weighted by Gasteiger charge is 2.20. The SMILES string of the molecule is C=CCOc1ccc2cc(CCc3ccc(C4CCC(/C=C/CCC)CC4)cc3)ccc2c1. The second-order valence-electron chi connectivity index (χ2n) is 9.51. The third-order valence-electron chi connectivity index (χ3n) is 7.03. The predicted octanol–water partition coefficient (Wildman–Crippen LogP) is 8.82. The number of unbranched alkanes of at least 4 members (excludes halogenated alkanes) is 1. The van der Waals surface area contributed by atoms with E-state index in [4.69, 9.17) is 4.74 Å². The minimum Gasteiger partial charge on any atom is -0.490 e. The third kappa shape index (κ3) is 6.60. The van der Waals surface area contributed by atoms with Crippen LogP contribution in [0.25, 0.3) is 10.8 Å². The molecule has 0 aromatic heterocycles. The third-order valence-corrected chi connectivity index (χ3v) is 7.03. The molecule has 1 aliphatic carbocycles. The molecule has 33 heavy (non-hydrogen) atoms. The van der Waals surface area contributed by atoms with Crippen molar-refractivity contribution in [1.29, 1.82) is 0 Å². The Kier molecular flexibility index (Phi) is 8.41. The van der Waals surface area contributed by atoms with Gasteiger partial charge in [-0.15, -0.1) is 0 Å². The maximum absolute atomic E-state index is 5.66. The van der Waals surface area contributed by atoms with Gasteiger partial charge in [0.2, 0.25) is 0 Å². The van der Waals surface area contributed by atoms with E-state index >= 15 is 0 Å². The summed E-state index contributed by atoms with van der Waals surface area (Å²) >= 11 is 0. The van der Waals surface area contributed by atoms with Crippen LogP contribution in [0, 0.1) is 5.92 Å². The summed E-state index contributed by atoms with van der Waals surface area (Å²) in [5, 5.41) is 2.49. The Hall–Kier alpha value is -2.80. The Morgan fingerprint density at radius 3 is 2.30 bits per heavy atom. The molecule has 3 aromatic rings. The van der Waals surface area contributed by atoms with Gasteiger partial charge < -0.3 is 4.74 Å². The molecule has 0 heterocycles. The van der Waals surface area contributed by atoms with E-state index in [-0.39, 0.29) is 0 Å². The van der Waals surface area contributed by atoms with Gasteiger partial charge >= 0.3 is 0 Å². The van der Waals surface area contributed by atoms with Crippen LogP contribution in [0.2, 0.25) is 0 Å². The van der Waals surface area contributed by atoms with Crippen molar-refractivity contribution in [3.8, 4) is 5.75 Å². The number of hydrogen-bond donors (Lipinski definition) is 0. The molecule has 1 heteroatoms. The van der Waals surface area contributed by atoms with Crippen LogP contribution >= 0.6 is 0 Å². The molecule has 1 aliphatic rings. The Labute approximate surface area is 200 Å². The predicted molar refractivity (Wildman–Crippen MR) is 142 cm³/mol. The minimum atomic E-state index is 0.542. The normalized spacial score (nSPS) is 18.6. The van der Waals surface area contributed by atoms with Crippen LogP contribution in [-0.4, -0.2) is 6.61 Å². The Morgan fingerprint density at radius 1 is 0.848 bits per heavy atom. The number of allylic oxidation sites excluding steroid dienone is 2. The van der Waals surface area contributed by atoms with Crippen LogP contribution < -0.4 is 4.74 Å². The first-order chi connectivity index (χ1) is 16.2. The topological polar surface area (TPSA) is 9.23 Å². The molecule has 0 atom stereocenters. The molecule has 4 rings (SSSR count). The lowest BCUT2D eigenvalue weighted by molar-refractivity contribution is 0.364. The van der Waals surface area contributed by atoms with Gasteiger partial charge in [0.15, 0.2) is 0 Å². The van der Waals surface area contributed by atoms with Crippen molar-refractivity contribution in [2.75, 3.05) is 6.61 Å². The zero-order valence-electron chi connectivity index (χ0n) is 20.1. The van der Waals surface area contributed by atoms with Crippen LogP contribution in [0.15, 0.2) is 85.5 Å². The van der Waals surface area contributed by atoms with Crippen LogP contribution in [0.5, 0.6) is 5.75 Å². The van der Waals surface area contributed by atoms with Crippen LogP contribution in [0.3, 0.4) is 0 Å². The Morgan fingerprint density at radius 2 is 1.55 bits per heavy atom. The fourth-order valence-corrected chi connectivity index (χ4v) is 5.02. The van der Waals surface area contributed by atoms with E-state index in [1.807, 2.05) is 6.07 Å². The summed E-state index contributed by atoms with van der Waals surface area (Å²) in [7, 11) is 0. The molecule has 0 saturated heterocycles. The lowest BCUT2D eigenvalue weighted by Crippen LogP contribution is -2.11. The molecule has 1 fully saturated rings. The van der Waals surface area contributed by atoms with Gasteiger partial charge in [-0.05, 0) is 96.4 Å². The molecular weight excluding hydrogens is 400 g/mol. The number of rotatable bonds is 10. The quantitative estimate of drug-likeness (QED) is 0.287. The fraction of sp³-hybridized carbons (Fsp3) is 0.375. The van der Waals surface area contributed by atoms with E-state index in [0.717, 1.165) is 30.4 Å². The van der Waals surface area contributed by atoms with Gasteiger partial charge in [0.1, 0.15) is 12.4 Å². The average Bonchev–Trinajstić information content (AvgIpc) is 2.87. The van der Waals surface area contributed by atoms with Gasteiger partial charge in [-0.2, -0.15) is 0 Å². The molecule has 0 spiro atoms. The number of fused-ring (bicyclic) bond motifs is 1. The van der Waals surface area contributed by atoms with Crippen molar-refractivity contribution in [1.82, 2.24) is 0 Å². The van der Waals surface area contributed by atoms with Gasteiger partial charge in [-0.25, -0.2) is 0 Å². The average molecular weight is 439 g/mol. The highest BCUT2D eigenvalue weighted by Crippen LogP contribution is 2.36. The van der Waals surface area contributed by atoms with Crippen molar-refractivity contribution >= 4 is 10.8 Å². The second kappa shape index (κ2) is 11.9. The van der Waals surface area contributed by atoms with E-state index in [2.05, 4.69) is 80.3 Å². The Balaban J connectivity index is 1.29. The molecule has 172 valence electrons. The zero-order valence-corrected chi connectivity index (χ0v) is 20.1. The first kappa shape index (κ1) is 23.4. The first-order valence-electron chi connectivity index (χ1n) is 12.8. The van der Waals surface area contributed by atoms with Gasteiger partial charge in [-0.3, -0.25) is 0 Å². The van der Waals surface area contributed by atoms with Crippen LogP contribution in [0.1, 0.15) is 68.1 Å². The number of hydrogen-bond acceptors (Lipinski definition) is 1. The molecular formula is C32H38O. The lowest BCUT2D eigenvalue weighted by atomic mass is 9.78. The van der Waals surface area contributed by atoms with Gasteiger partial charge in [0, 0.05) is 0 Å². The summed E-state index contributed by atoms with van der Waals surface area (Å²) in [5.41, 5.74) is 4.36. The maximum Gasteiger partial charge on any atom is 0.120 e. The molecule has 1 saturated carbocycles. The highest BCUT2D eigenvalue weighted by molar-refractivity contribution is 5.84. The standard InChI is InChI=1S/C32H38O/c1-3-5-6-7-25-10-15-28(16-11-25)29-17-12-26(13-18-29)8-9-27-14-19-31-24-32(33-22-4-2)21-20-30(31)23-27/h4,6-7,12-14,17-21,23-25,28H,2-3,5,8-11,15-16,22H2,1H3/b7-6+. The van der Waals surface area contributed by atoms with Gasteiger partial charge in [-0.1, -0.05) is 86.7 Å². The van der Waals surface area contributed by atoms with E-state index in [0.29, 0.717) is 6.61 Å². The van der Waals surface area contributed by atoms with Crippen molar-refractivity contribution in [2.24, 2.45) is 5.92 Å². The van der Waals surface area contributed by atoms with Gasteiger partial charge in [0.05, 0.1) is 0 Å². The van der Waals surface area contributed by atoms with Crippen LogP contribution in [0.4, 0.5) is 0 Å². The maximum atomic E-state index is 5.66. The molecule has 3 aromatic carbocycles. The summed E-state index contributed by atoms with van der Waals surface area (Å²) in [6.07, 6.45) is 16.6. The molecule has 0 amide bonds. The summed E-state index contributed by atoms with van der Waals surface area (Å²) in [4.78, 5) is 0. The number of benzene rings is 3. The summed E-state index contributed by atoms with van der Waals surface area (Å²) in [6, 6.07) is 22.6. The van der Waals surface area contributed by atoms with Crippen molar-refractivity contribution in [3.05, 3.63) is 102 Å². The molecule has 0 unspecified atom stereocenters. The van der Waals surface area contributed by atoms with E-state index in [1.54, 1.807) is 6.08 Å². The molecule has 0 radical (unpaired) electrons. The van der Waals surface area contributed by atoms with Gasteiger partial charge in [0.25, 0.3) is 0 Å². The second-order valence-corrected chi connectivity index (χ2v) is 9.51. The number of ether oxygens (including phenoxy) is 1. The molecule has 0 N–H and O–H groups in total. The lowest BCUT2D eigenvalue weighted by Gasteiger charge is -2.27. The van der Waals surface area contributed by atoms with Crippen molar-refractivity contribution < 1.29 is 4.74 Å². The molecule has 1 nitrogen and oxygen atoms in total. The summed E-state index contributed by atoms with van der Waals surface area (Å²) in [5.74, 6) is 2.45. The molecule has 0 bridgehead atoms. The van der Waals surface area contributed by atoms with E-state index in [9.17, 15) is 0 Å². The zero-order chi connectivity index (χ0) is 22.9. The monoisotopic (exact) mass is 438 g/mol. The van der Waals surface area contributed by atoms with E-state index in [1.165, 1.54) is 66.0 Å². The number of aryl methyl sites for hydroxylation is 2. The van der Waals surface area contributed by atoms with Crippen molar-refractivity contribution in [3.63, 3.8) is 0 Å². The van der Waals surface area contributed by atoms with E-state index < -0.39 is 0 Å². The fourth-order valence-electron chi connectivity index (χ4n) is 5.02. The summed E-state index contributed by atoms with van der Waals surface area (Å²) in [6.45, 7) is 6.51. The highest BCUT2D eigenvalue weighted by atomic mass is 16.5. The van der Waals surface area contributed by atoms with Crippen molar-refractivity contribution in [2.45, 2.75) is 64.2 Å². The van der Waals surface area contributed by atoms with Crippen LogP contribution in [-0.2, 0) is 12.8 Å². The minimum absolute atomic E-state index is 0.542. The summed E-state index contributed by atoms with van der Waals surface area (Å²) < 4.78 is 5.66. The smallest absolute Gasteiger partial charge is 0.120 e. The molecule has 0 aliphatic heterocycles. The Bertz CT molecular complexity index is 1050.